The van der Waals surface area contributed by atoms with Crippen LogP contribution < -0.4 is 5.32 Å². The van der Waals surface area contributed by atoms with E-state index in [1.165, 1.54) is 0 Å². The van der Waals surface area contributed by atoms with Gasteiger partial charge < -0.3 is 5.32 Å². The van der Waals surface area contributed by atoms with Gasteiger partial charge in [0.2, 0.25) is 0 Å². The topological polar surface area (TPSA) is 37.8 Å². The van der Waals surface area contributed by atoms with E-state index in [1.54, 1.807) is 0 Å². The molecule has 0 aliphatic heterocycles. The zero-order chi connectivity index (χ0) is 12.8. The first kappa shape index (κ1) is 15.0. The first-order chi connectivity index (χ1) is 8.04. The lowest BCUT2D eigenvalue weighted by atomic mass is 10.3. The predicted molar refractivity (Wildman–Crippen MR) is 84.6 cm³/mol. The van der Waals surface area contributed by atoms with E-state index in [-0.39, 0.29) is 0 Å². The monoisotopic (exact) mass is 365 g/mol. The van der Waals surface area contributed by atoms with Crippen molar-refractivity contribution in [3.8, 4) is 0 Å². The van der Waals surface area contributed by atoms with Crippen LogP contribution in [0.25, 0.3) is 0 Å². The fourth-order valence-corrected chi connectivity index (χ4v) is 2.69. The molecule has 5 heteroatoms. The van der Waals surface area contributed by atoms with Crippen molar-refractivity contribution in [2.45, 2.75) is 33.4 Å². The summed E-state index contributed by atoms with van der Waals surface area (Å²) in [5.74, 6) is 4.68. The first-order valence-corrected chi connectivity index (χ1v) is 8.12. The molecule has 1 heterocycles. The van der Waals surface area contributed by atoms with Crippen LogP contribution in [0.5, 0.6) is 0 Å². The number of rotatable bonds is 6. The van der Waals surface area contributed by atoms with Gasteiger partial charge in [0.15, 0.2) is 0 Å². The Morgan fingerprint density at radius 3 is 2.65 bits per heavy atom. The third kappa shape index (κ3) is 4.99. The molecule has 0 bridgehead atoms. The number of nitrogens with one attached hydrogen (secondary N) is 1. The molecule has 0 aromatic carbocycles. The van der Waals surface area contributed by atoms with Gasteiger partial charge in [-0.05, 0) is 48.1 Å². The summed E-state index contributed by atoms with van der Waals surface area (Å²) in [6.07, 6.45) is 0. The van der Waals surface area contributed by atoms with E-state index in [2.05, 4.69) is 58.6 Å². The number of nitrogens with zero attached hydrogens (tertiary/aromatic N) is 2. The van der Waals surface area contributed by atoms with Crippen molar-refractivity contribution in [3.05, 3.63) is 15.1 Å². The molecule has 0 amide bonds. The van der Waals surface area contributed by atoms with Gasteiger partial charge >= 0.3 is 0 Å². The first-order valence-electron chi connectivity index (χ1n) is 5.89. The highest BCUT2D eigenvalue weighted by molar-refractivity contribution is 14.1. The lowest BCUT2D eigenvalue weighted by Gasteiger charge is -2.10. The number of aryl methyl sites for hydroxylation is 1. The quantitative estimate of drug-likeness (QED) is 0.780. The Kier molecular flexibility index (Phi) is 6.54. The standard InChI is InChI=1S/C12H20IN3S/c1-5-14-12-11(13)9(4)15-10(16-12)7-17-6-8(2)3/h8H,5-7H2,1-4H3,(H,14,15,16). The second-order valence-electron chi connectivity index (χ2n) is 4.33. The SMILES string of the molecule is CCNc1nc(CSCC(C)C)nc(C)c1I. The van der Waals surface area contributed by atoms with Gasteiger partial charge in [-0.1, -0.05) is 13.8 Å². The number of thioether (sulfide) groups is 1. The number of halogens is 1. The van der Waals surface area contributed by atoms with Crippen molar-refractivity contribution in [1.82, 2.24) is 9.97 Å². The molecule has 0 aliphatic carbocycles. The maximum atomic E-state index is 4.57. The molecule has 1 rings (SSSR count). The highest BCUT2D eigenvalue weighted by atomic mass is 127. The van der Waals surface area contributed by atoms with Gasteiger partial charge in [0.1, 0.15) is 11.6 Å². The zero-order valence-corrected chi connectivity index (χ0v) is 13.9. The Labute approximate surface area is 122 Å². The molecule has 0 fully saturated rings. The van der Waals surface area contributed by atoms with E-state index in [0.29, 0.717) is 0 Å². The average molecular weight is 365 g/mol. The molecule has 1 aromatic rings. The molecule has 0 radical (unpaired) electrons. The number of anilines is 1. The summed E-state index contributed by atoms with van der Waals surface area (Å²) in [5.41, 5.74) is 1.07. The van der Waals surface area contributed by atoms with Crippen LogP contribution in [-0.4, -0.2) is 22.3 Å². The van der Waals surface area contributed by atoms with Crippen molar-refractivity contribution in [1.29, 1.82) is 0 Å². The minimum absolute atomic E-state index is 0.721. The molecule has 0 atom stereocenters. The maximum Gasteiger partial charge on any atom is 0.143 e. The van der Waals surface area contributed by atoms with Crippen LogP contribution in [0.3, 0.4) is 0 Å². The number of hydrogen-bond acceptors (Lipinski definition) is 4. The third-order valence-corrected chi connectivity index (χ3v) is 4.75. The molecule has 1 aromatic heterocycles. The van der Waals surface area contributed by atoms with Gasteiger partial charge in [-0.2, -0.15) is 11.8 Å². The predicted octanol–water partition coefficient (Wildman–Crippen LogP) is 3.71. The molecule has 17 heavy (non-hydrogen) atoms. The third-order valence-electron chi connectivity index (χ3n) is 2.09. The van der Waals surface area contributed by atoms with Crippen LogP contribution in [0, 0.1) is 16.4 Å². The number of hydrogen-bond donors (Lipinski definition) is 1. The van der Waals surface area contributed by atoms with E-state index in [0.717, 1.165) is 44.9 Å². The Hall–Kier alpha value is -0.0400. The van der Waals surface area contributed by atoms with Gasteiger partial charge in [0.25, 0.3) is 0 Å². The molecule has 3 nitrogen and oxygen atoms in total. The molecule has 0 saturated heterocycles. The average Bonchev–Trinajstić information content (AvgIpc) is 2.25. The molecule has 1 N–H and O–H groups in total. The van der Waals surface area contributed by atoms with E-state index in [4.69, 9.17) is 0 Å². The van der Waals surface area contributed by atoms with Crippen molar-refractivity contribution in [2.75, 3.05) is 17.6 Å². The van der Waals surface area contributed by atoms with Crippen LogP contribution >= 0.6 is 34.4 Å². The summed E-state index contributed by atoms with van der Waals surface area (Å²) in [5, 5.41) is 3.29. The Balaban J connectivity index is 2.72. The Morgan fingerprint density at radius 1 is 1.35 bits per heavy atom. The highest BCUT2D eigenvalue weighted by Crippen LogP contribution is 2.20. The lowest BCUT2D eigenvalue weighted by Crippen LogP contribution is -2.07. The highest BCUT2D eigenvalue weighted by Gasteiger charge is 2.08. The van der Waals surface area contributed by atoms with E-state index >= 15 is 0 Å². The van der Waals surface area contributed by atoms with E-state index in [1.807, 2.05) is 18.7 Å². The van der Waals surface area contributed by atoms with Crippen molar-refractivity contribution >= 4 is 40.2 Å². The minimum atomic E-state index is 0.721. The molecule has 96 valence electrons. The van der Waals surface area contributed by atoms with Crippen LogP contribution in [0.2, 0.25) is 0 Å². The molecule has 0 saturated carbocycles. The molecular weight excluding hydrogens is 345 g/mol. The van der Waals surface area contributed by atoms with Gasteiger partial charge in [0.05, 0.1) is 15.0 Å². The fourth-order valence-electron chi connectivity index (χ4n) is 1.35. The molecule has 0 unspecified atom stereocenters. The second kappa shape index (κ2) is 7.41. The Bertz CT molecular complexity index is 369. The van der Waals surface area contributed by atoms with Gasteiger partial charge in [0, 0.05) is 6.54 Å². The summed E-state index contributed by atoms with van der Waals surface area (Å²) in [7, 11) is 0. The van der Waals surface area contributed by atoms with E-state index in [9.17, 15) is 0 Å². The summed E-state index contributed by atoms with van der Waals surface area (Å²) >= 11 is 4.20. The van der Waals surface area contributed by atoms with Crippen molar-refractivity contribution < 1.29 is 0 Å². The minimum Gasteiger partial charge on any atom is -0.369 e. The lowest BCUT2D eigenvalue weighted by molar-refractivity contribution is 0.749. The summed E-state index contributed by atoms with van der Waals surface area (Å²) in [6.45, 7) is 9.49. The van der Waals surface area contributed by atoms with Crippen LogP contribution in [0.1, 0.15) is 32.3 Å². The van der Waals surface area contributed by atoms with Gasteiger partial charge in [-0.25, -0.2) is 9.97 Å². The van der Waals surface area contributed by atoms with Gasteiger partial charge in [-0.15, -0.1) is 0 Å². The summed E-state index contributed by atoms with van der Waals surface area (Å²) in [6, 6.07) is 0. The smallest absolute Gasteiger partial charge is 0.143 e. The van der Waals surface area contributed by atoms with Crippen LogP contribution in [0.4, 0.5) is 5.82 Å². The summed E-state index contributed by atoms with van der Waals surface area (Å²) < 4.78 is 1.13. The van der Waals surface area contributed by atoms with Gasteiger partial charge in [-0.3, -0.25) is 0 Å². The van der Waals surface area contributed by atoms with E-state index < -0.39 is 0 Å². The molecule has 0 spiro atoms. The fraction of sp³-hybridized carbons (Fsp3) is 0.667. The largest absolute Gasteiger partial charge is 0.369 e. The van der Waals surface area contributed by atoms with Crippen LogP contribution in [-0.2, 0) is 5.75 Å². The number of aromatic nitrogens is 2. The molecule has 0 aliphatic rings. The van der Waals surface area contributed by atoms with Crippen molar-refractivity contribution in [2.24, 2.45) is 5.92 Å². The Morgan fingerprint density at radius 2 is 2.06 bits per heavy atom. The second-order valence-corrected chi connectivity index (χ2v) is 6.44. The normalized spacial score (nSPS) is 10.9. The summed E-state index contributed by atoms with van der Waals surface area (Å²) in [4.78, 5) is 9.10. The van der Waals surface area contributed by atoms with Crippen molar-refractivity contribution in [3.63, 3.8) is 0 Å². The van der Waals surface area contributed by atoms with Crippen LogP contribution in [0.15, 0.2) is 0 Å². The maximum absolute atomic E-state index is 4.57. The molecular formula is C12H20IN3S. The zero-order valence-electron chi connectivity index (χ0n) is 10.9.